The van der Waals surface area contributed by atoms with Crippen LogP contribution in [0.25, 0.3) is 0 Å². The first-order valence-corrected chi connectivity index (χ1v) is 6.89. The fraction of sp³-hybridized carbons (Fsp3) is 1.00. The fourth-order valence-electron chi connectivity index (χ4n) is 2.85. The lowest BCUT2D eigenvalue weighted by molar-refractivity contribution is 0.186. The second-order valence-corrected chi connectivity index (χ2v) is 6.20. The second kappa shape index (κ2) is 6.02. The minimum Gasteiger partial charge on any atom is -0.396 e. The molecule has 1 atom stereocenters. The van der Waals surface area contributed by atoms with Crippen LogP contribution in [0, 0.1) is 5.41 Å². The molecule has 96 valence electrons. The van der Waals surface area contributed by atoms with Gasteiger partial charge in [-0.2, -0.15) is 0 Å². The molecule has 0 spiro atoms. The van der Waals surface area contributed by atoms with Crippen LogP contribution in [0.15, 0.2) is 0 Å². The van der Waals surface area contributed by atoms with E-state index in [1.54, 1.807) is 0 Å². The average molecular weight is 227 g/mol. The lowest BCUT2D eigenvalue weighted by Gasteiger charge is -2.34. The molecule has 0 amide bonds. The van der Waals surface area contributed by atoms with Crippen molar-refractivity contribution in [3.8, 4) is 0 Å². The molecule has 1 saturated carbocycles. The predicted octanol–water partition coefficient (Wildman–Crippen LogP) is 3.10. The van der Waals surface area contributed by atoms with E-state index >= 15 is 0 Å². The number of aliphatic hydroxyl groups is 1. The van der Waals surface area contributed by atoms with Crippen molar-refractivity contribution in [2.75, 3.05) is 13.2 Å². The Morgan fingerprint density at radius 2 is 1.88 bits per heavy atom. The summed E-state index contributed by atoms with van der Waals surface area (Å²) in [7, 11) is 0. The first-order valence-electron chi connectivity index (χ1n) is 6.89. The number of rotatable bonds is 5. The van der Waals surface area contributed by atoms with Crippen molar-refractivity contribution in [1.29, 1.82) is 0 Å². The Bertz CT molecular complexity index is 203. The van der Waals surface area contributed by atoms with Crippen LogP contribution in [0.3, 0.4) is 0 Å². The molecule has 0 heterocycles. The van der Waals surface area contributed by atoms with Crippen LogP contribution in [0.5, 0.6) is 0 Å². The topological polar surface area (TPSA) is 32.3 Å². The van der Waals surface area contributed by atoms with Gasteiger partial charge in [0.05, 0.1) is 0 Å². The van der Waals surface area contributed by atoms with Gasteiger partial charge in [0.2, 0.25) is 0 Å². The van der Waals surface area contributed by atoms with E-state index in [9.17, 15) is 5.11 Å². The Labute approximate surface area is 101 Å². The maximum absolute atomic E-state index is 9.26. The first kappa shape index (κ1) is 14.0. The van der Waals surface area contributed by atoms with Crippen molar-refractivity contribution in [3.05, 3.63) is 0 Å². The highest BCUT2D eigenvalue weighted by Crippen LogP contribution is 2.39. The summed E-state index contributed by atoms with van der Waals surface area (Å²) < 4.78 is 0. The van der Waals surface area contributed by atoms with Gasteiger partial charge in [0.1, 0.15) is 0 Å². The molecule has 1 fully saturated rings. The number of hydrogen-bond acceptors (Lipinski definition) is 2. The monoisotopic (exact) mass is 227 g/mol. The van der Waals surface area contributed by atoms with Gasteiger partial charge in [0.25, 0.3) is 0 Å². The molecule has 16 heavy (non-hydrogen) atoms. The zero-order chi connectivity index (χ0) is 12.1. The van der Waals surface area contributed by atoms with E-state index < -0.39 is 0 Å². The van der Waals surface area contributed by atoms with Crippen LogP contribution < -0.4 is 5.32 Å². The number of nitrogens with one attached hydrogen (secondary N) is 1. The molecule has 1 aliphatic rings. The largest absolute Gasteiger partial charge is 0.396 e. The highest BCUT2D eigenvalue weighted by atomic mass is 16.3. The Morgan fingerprint density at radius 3 is 2.50 bits per heavy atom. The minimum atomic E-state index is 0.221. The van der Waals surface area contributed by atoms with Crippen LogP contribution in [0.2, 0.25) is 0 Å². The van der Waals surface area contributed by atoms with E-state index in [1.807, 2.05) is 0 Å². The zero-order valence-corrected chi connectivity index (χ0v) is 11.3. The standard InChI is InChI=1S/C14H29NO/c1-4-11-15-14(10-12-16)7-5-6-13(2,3)8-9-14/h15-16H,4-12H2,1-3H3. The molecule has 0 aromatic carbocycles. The van der Waals surface area contributed by atoms with Gasteiger partial charge in [0, 0.05) is 12.1 Å². The van der Waals surface area contributed by atoms with Crippen molar-refractivity contribution in [2.45, 2.75) is 71.3 Å². The van der Waals surface area contributed by atoms with Gasteiger partial charge in [-0.25, -0.2) is 0 Å². The summed E-state index contributed by atoms with van der Waals surface area (Å²) in [4.78, 5) is 0. The molecule has 0 aromatic heterocycles. The van der Waals surface area contributed by atoms with Crippen LogP contribution >= 0.6 is 0 Å². The van der Waals surface area contributed by atoms with Crippen molar-refractivity contribution < 1.29 is 5.11 Å². The molecular formula is C14H29NO. The smallest absolute Gasteiger partial charge is 0.0448 e. The van der Waals surface area contributed by atoms with Crippen molar-refractivity contribution in [3.63, 3.8) is 0 Å². The molecule has 1 rings (SSSR count). The van der Waals surface area contributed by atoms with Gasteiger partial charge in [0.15, 0.2) is 0 Å². The molecule has 0 bridgehead atoms. The number of aliphatic hydroxyl groups excluding tert-OH is 1. The molecule has 0 radical (unpaired) electrons. The molecule has 0 aliphatic heterocycles. The van der Waals surface area contributed by atoms with Crippen LogP contribution in [-0.4, -0.2) is 23.8 Å². The van der Waals surface area contributed by atoms with Gasteiger partial charge < -0.3 is 10.4 Å². The van der Waals surface area contributed by atoms with Crippen LogP contribution in [0.4, 0.5) is 0 Å². The van der Waals surface area contributed by atoms with Crippen molar-refractivity contribution in [1.82, 2.24) is 5.32 Å². The van der Waals surface area contributed by atoms with Crippen LogP contribution in [-0.2, 0) is 0 Å². The normalized spacial score (nSPS) is 30.0. The van der Waals surface area contributed by atoms with E-state index in [0.717, 1.165) is 13.0 Å². The molecule has 2 heteroatoms. The van der Waals surface area contributed by atoms with Crippen molar-refractivity contribution in [2.24, 2.45) is 5.41 Å². The molecular weight excluding hydrogens is 198 g/mol. The summed E-state index contributed by atoms with van der Waals surface area (Å²) in [6.45, 7) is 8.36. The SMILES string of the molecule is CCCNC1(CCO)CCCC(C)(C)CC1. The van der Waals surface area contributed by atoms with E-state index in [4.69, 9.17) is 0 Å². The average Bonchev–Trinajstić information content (AvgIpc) is 2.37. The summed E-state index contributed by atoms with van der Waals surface area (Å²) in [6.07, 6.45) is 8.46. The van der Waals surface area contributed by atoms with E-state index in [1.165, 1.54) is 38.5 Å². The lowest BCUT2D eigenvalue weighted by Crippen LogP contribution is -2.46. The molecule has 0 saturated heterocycles. The van der Waals surface area contributed by atoms with Gasteiger partial charge in [-0.1, -0.05) is 27.2 Å². The third-order valence-corrected chi connectivity index (χ3v) is 4.13. The maximum atomic E-state index is 9.26. The van der Waals surface area contributed by atoms with Gasteiger partial charge >= 0.3 is 0 Å². The molecule has 1 unspecified atom stereocenters. The summed E-state index contributed by atoms with van der Waals surface area (Å²) in [5, 5.41) is 13.0. The summed E-state index contributed by atoms with van der Waals surface area (Å²) in [5.41, 5.74) is 0.712. The van der Waals surface area contributed by atoms with E-state index in [2.05, 4.69) is 26.1 Å². The quantitative estimate of drug-likeness (QED) is 0.707. The second-order valence-electron chi connectivity index (χ2n) is 6.20. The Hall–Kier alpha value is -0.0800. The first-order chi connectivity index (χ1) is 7.54. The summed E-state index contributed by atoms with van der Waals surface area (Å²) in [5.74, 6) is 0. The summed E-state index contributed by atoms with van der Waals surface area (Å²) >= 11 is 0. The van der Waals surface area contributed by atoms with Crippen molar-refractivity contribution >= 4 is 0 Å². The van der Waals surface area contributed by atoms with E-state index in [0.29, 0.717) is 12.0 Å². The predicted molar refractivity (Wildman–Crippen MR) is 69.6 cm³/mol. The molecule has 0 aromatic rings. The van der Waals surface area contributed by atoms with E-state index in [-0.39, 0.29) is 5.54 Å². The third kappa shape index (κ3) is 4.06. The highest BCUT2D eigenvalue weighted by Gasteiger charge is 2.34. The highest BCUT2D eigenvalue weighted by molar-refractivity contribution is 4.92. The Morgan fingerprint density at radius 1 is 1.12 bits per heavy atom. The van der Waals surface area contributed by atoms with Gasteiger partial charge in [-0.05, 0) is 50.5 Å². The van der Waals surface area contributed by atoms with Gasteiger partial charge in [-0.15, -0.1) is 0 Å². The number of hydrogen-bond donors (Lipinski definition) is 2. The maximum Gasteiger partial charge on any atom is 0.0448 e. The fourth-order valence-corrected chi connectivity index (χ4v) is 2.85. The Balaban J connectivity index is 2.61. The molecule has 2 nitrogen and oxygen atoms in total. The summed E-state index contributed by atoms with van der Waals surface area (Å²) in [6, 6.07) is 0. The third-order valence-electron chi connectivity index (χ3n) is 4.13. The molecule has 1 aliphatic carbocycles. The van der Waals surface area contributed by atoms with Gasteiger partial charge in [-0.3, -0.25) is 0 Å². The Kier molecular flexibility index (Phi) is 5.26. The molecule has 2 N–H and O–H groups in total. The minimum absolute atomic E-state index is 0.221. The van der Waals surface area contributed by atoms with Crippen LogP contribution in [0.1, 0.15) is 65.7 Å². The lowest BCUT2D eigenvalue weighted by atomic mass is 9.82. The zero-order valence-electron chi connectivity index (χ0n) is 11.3.